The number of aromatic amines is 1. The first-order valence-electron chi connectivity index (χ1n) is 7.73. The van der Waals surface area contributed by atoms with E-state index in [4.69, 9.17) is 9.47 Å². The minimum atomic E-state index is -0.206. The van der Waals surface area contributed by atoms with Gasteiger partial charge in [-0.25, -0.2) is 0 Å². The first-order chi connectivity index (χ1) is 10.7. The summed E-state index contributed by atoms with van der Waals surface area (Å²) in [6, 6.07) is 7.90. The number of carbonyl (C=O) groups is 1. The van der Waals surface area contributed by atoms with Crippen LogP contribution in [0.3, 0.4) is 0 Å². The Balaban J connectivity index is 1.55. The molecule has 0 aliphatic carbocycles. The molecule has 0 radical (unpaired) electrons. The van der Waals surface area contributed by atoms with Crippen molar-refractivity contribution < 1.29 is 14.3 Å². The molecule has 116 valence electrons. The van der Waals surface area contributed by atoms with E-state index in [0.717, 1.165) is 35.9 Å². The number of methoxy groups -OCH3 is 1. The van der Waals surface area contributed by atoms with Gasteiger partial charge in [0.15, 0.2) is 0 Å². The number of rotatable bonds is 2. The maximum Gasteiger partial charge on any atom is 0.256 e. The third-order valence-electron chi connectivity index (χ3n) is 4.93. The molecule has 2 aromatic rings. The number of amides is 1. The van der Waals surface area contributed by atoms with E-state index in [-0.39, 0.29) is 17.6 Å². The van der Waals surface area contributed by atoms with E-state index in [1.807, 2.05) is 35.4 Å². The van der Waals surface area contributed by atoms with Crippen molar-refractivity contribution in [2.24, 2.45) is 0 Å². The normalized spacial score (nSPS) is 28.0. The zero-order valence-electron chi connectivity index (χ0n) is 12.7. The van der Waals surface area contributed by atoms with Crippen molar-refractivity contribution in [2.45, 2.75) is 24.5 Å². The highest BCUT2D eigenvalue weighted by molar-refractivity contribution is 6.06. The highest BCUT2D eigenvalue weighted by Gasteiger charge is 2.47. The van der Waals surface area contributed by atoms with Gasteiger partial charge in [0.1, 0.15) is 0 Å². The van der Waals surface area contributed by atoms with Crippen molar-refractivity contribution in [3.63, 3.8) is 0 Å². The zero-order chi connectivity index (χ0) is 15.2. The molecule has 5 nitrogen and oxygen atoms in total. The molecular formula is C17H20N2O3. The van der Waals surface area contributed by atoms with E-state index in [1.54, 1.807) is 7.11 Å². The molecule has 0 saturated carbocycles. The quantitative estimate of drug-likeness (QED) is 0.925. The minimum Gasteiger partial charge on any atom is -0.379 e. The molecule has 1 N–H and O–H groups in total. The second-order valence-electron chi connectivity index (χ2n) is 6.28. The lowest BCUT2D eigenvalue weighted by atomic mass is 9.98. The van der Waals surface area contributed by atoms with E-state index in [2.05, 4.69) is 4.98 Å². The Morgan fingerprint density at radius 2 is 2.32 bits per heavy atom. The fourth-order valence-corrected chi connectivity index (χ4v) is 3.68. The standard InChI is InChI=1S/C17H20N2O3/c1-21-12-8-17(22-10-12)6-7-19(11-17)16(20)14-9-18-15-5-3-2-4-13(14)15/h2-5,9,12,18H,6-8,10-11H2,1H3/t12-,17+/m1/s1. The van der Waals surface area contributed by atoms with Crippen LogP contribution >= 0.6 is 0 Å². The van der Waals surface area contributed by atoms with Gasteiger partial charge in [-0.3, -0.25) is 4.79 Å². The number of aromatic nitrogens is 1. The van der Waals surface area contributed by atoms with Crippen LogP contribution in [0.5, 0.6) is 0 Å². The van der Waals surface area contributed by atoms with Crippen molar-refractivity contribution in [1.29, 1.82) is 0 Å². The van der Waals surface area contributed by atoms with Gasteiger partial charge in [-0.05, 0) is 12.5 Å². The van der Waals surface area contributed by atoms with Crippen molar-refractivity contribution in [2.75, 3.05) is 26.8 Å². The van der Waals surface area contributed by atoms with Gasteiger partial charge in [-0.2, -0.15) is 0 Å². The number of para-hydroxylation sites is 1. The van der Waals surface area contributed by atoms with Crippen LogP contribution in [0.15, 0.2) is 30.5 Å². The minimum absolute atomic E-state index is 0.0822. The summed E-state index contributed by atoms with van der Waals surface area (Å²) >= 11 is 0. The number of nitrogens with one attached hydrogen (secondary N) is 1. The van der Waals surface area contributed by atoms with Crippen LogP contribution in [0.25, 0.3) is 10.9 Å². The van der Waals surface area contributed by atoms with E-state index < -0.39 is 0 Å². The number of hydrogen-bond donors (Lipinski definition) is 1. The molecule has 0 unspecified atom stereocenters. The first-order valence-corrected chi connectivity index (χ1v) is 7.73. The first kappa shape index (κ1) is 13.8. The van der Waals surface area contributed by atoms with E-state index >= 15 is 0 Å². The zero-order valence-corrected chi connectivity index (χ0v) is 12.7. The van der Waals surface area contributed by atoms with Crippen molar-refractivity contribution in [3.05, 3.63) is 36.0 Å². The molecule has 2 aliphatic rings. The lowest BCUT2D eigenvalue weighted by molar-refractivity contribution is 0.00704. The third kappa shape index (κ3) is 2.12. The van der Waals surface area contributed by atoms with Crippen LogP contribution in [-0.4, -0.2) is 54.3 Å². The van der Waals surface area contributed by atoms with Crippen LogP contribution in [0.2, 0.25) is 0 Å². The number of hydrogen-bond acceptors (Lipinski definition) is 3. The monoisotopic (exact) mass is 300 g/mol. The lowest BCUT2D eigenvalue weighted by Gasteiger charge is -2.23. The van der Waals surface area contributed by atoms with Gasteiger partial charge in [0.2, 0.25) is 0 Å². The van der Waals surface area contributed by atoms with Gasteiger partial charge < -0.3 is 19.4 Å². The number of fused-ring (bicyclic) bond motifs is 1. The van der Waals surface area contributed by atoms with Crippen LogP contribution in [0, 0.1) is 0 Å². The average molecular weight is 300 g/mol. The van der Waals surface area contributed by atoms with Crippen LogP contribution < -0.4 is 0 Å². The highest BCUT2D eigenvalue weighted by atomic mass is 16.6. The Labute approximate surface area is 129 Å². The molecule has 5 heteroatoms. The Morgan fingerprint density at radius 3 is 3.14 bits per heavy atom. The predicted molar refractivity (Wildman–Crippen MR) is 82.9 cm³/mol. The third-order valence-corrected chi connectivity index (χ3v) is 4.93. The summed E-state index contributed by atoms with van der Waals surface area (Å²) in [5.41, 5.74) is 1.54. The van der Waals surface area contributed by atoms with Crippen molar-refractivity contribution in [3.8, 4) is 0 Å². The van der Waals surface area contributed by atoms with E-state index in [1.165, 1.54) is 0 Å². The fraction of sp³-hybridized carbons (Fsp3) is 0.471. The van der Waals surface area contributed by atoms with Gasteiger partial charge in [0.25, 0.3) is 5.91 Å². The van der Waals surface area contributed by atoms with Gasteiger partial charge in [0, 0.05) is 37.2 Å². The summed E-state index contributed by atoms with van der Waals surface area (Å²) in [6.07, 6.45) is 3.73. The molecule has 3 heterocycles. The van der Waals surface area contributed by atoms with Gasteiger partial charge in [-0.1, -0.05) is 18.2 Å². The van der Waals surface area contributed by atoms with E-state index in [0.29, 0.717) is 13.2 Å². The molecule has 1 amide bonds. The van der Waals surface area contributed by atoms with Crippen LogP contribution in [0.1, 0.15) is 23.2 Å². The fourth-order valence-electron chi connectivity index (χ4n) is 3.68. The topological polar surface area (TPSA) is 54.6 Å². The summed E-state index contributed by atoms with van der Waals surface area (Å²) in [6.45, 7) is 2.03. The molecular weight excluding hydrogens is 280 g/mol. The van der Waals surface area contributed by atoms with Crippen LogP contribution in [0.4, 0.5) is 0 Å². The second kappa shape index (κ2) is 5.11. The summed E-state index contributed by atoms with van der Waals surface area (Å²) in [7, 11) is 1.72. The maximum absolute atomic E-state index is 12.8. The number of nitrogens with zero attached hydrogens (tertiary/aromatic N) is 1. The van der Waals surface area contributed by atoms with E-state index in [9.17, 15) is 4.79 Å². The van der Waals surface area contributed by atoms with Gasteiger partial charge in [0.05, 0.1) is 30.4 Å². The van der Waals surface area contributed by atoms with Crippen molar-refractivity contribution in [1.82, 2.24) is 9.88 Å². The molecule has 2 aliphatic heterocycles. The summed E-state index contributed by atoms with van der Waals surface area (Å²) in [5.74, 6) is 0.0822. The average Bonchev–Trinajstić information content (AvgIpc) is 3.26. The maximum atomic E-state index is 12.8. The van der Waals surface area contributed by atoms with Gasteiger partial charge in [-0.15, -0.1) is 0 Å². The smallest absolute Gasteiger partial charge is 0.256 e. The second-order valence-corrected chi connectivity index (χ2v) is 6.28. The Morgan fingerprint density at radius 1 is 1.45 bits per heavy atom. The largest absolute Gasteiger partial charge is 0.379 e. The highest BCUT2D eigenvalue weighted by Crippen LogP contribution is 2.36. The molecule has 1 spiro atoms. The molecule has 2 fully saturated rings. The molecule has 2 saturated heterocycles. The summed E-state index contributed by atoms with van der Waals surface area (Å²) in [5, 5.41) is 0.982. The lowest BCUT2D eigenvalue weighted by Crippen LogP contribution is -2.36. The summed E-state index contributed by atoms with van der Waals surface area (Å²) < 4.78 is 11.4. The Bertz CT molecular complexity index is 711. The number of likely N-dealkylation sites (tertiary alicyclic amines) is 1. The molecule has 4 rings (SSSR count). The SMILES string of the molecule is CO[C@H]1CO[C@@]2(CCN(C(=O)c3c[nH]c4ccccc34)C2)C1. The number of ether oxygens (including phenoxy) is 2. The number of benzene rings is 1. The Kier molecular flexibility index (Phi) is 3.20. The molecule has 22 heavy (non-hydrogen) atoms. The number of H-pyrrole nitrogens is 1. The Hall–Kier alpha value is -1.85. The molecule has 1 aromatic heterocycles. The number of carbonyl (C=O) groups excluding carboxylic acids is 1. The van der Waals surface area contributed by atoms with Gasteiger partial charge >= 0.3 is 0 Å². The molecule has 2 atom stereocenters. The van der Waals surface area contributed by atoms with Crippen LogP contribution in [-0.2, 0) is 9.47 Å². The van der Waals surface area contributed by atoms with Crippen molar-refractivity contribution >= 4 is 16.8 Å². The molecule has 0 bridgehead atoms. The molecule has 1 aromatic carbocycles. The predicted octanol–water partition coefficient (Wildman–Crippen LogP) is 2.19. The summed E-state index contributed by atoms with van der Waals surface area (Å²) in [4.78, 5) is 17.9.